The van der Waals surface area contributed by atoms with Gasteiger partial charge in [0.1, 0.15) is 0 Å². The third-order valence-corrected chi connectivity index (χ3v) is 3.80. The van der Waals surface area contributed by atoms with E-state index < -0.39 is 0 Å². The molecule has 0 N–H and O–H groups in total. The average Bonchev–Trinajstić information content (AvgIpc) is 2.82. The van der Waals surface area contributed by atoms with Crippen molar-refractivity contribution in [2.24, 2.45) is 16.8 Å². The zero-order valence-electron chi connectivity index (χ0n) is 12.4. The van der Waals surface area contributed by atoms with Crippen LogP contribution in [0.1, 0.15) is 40.5 Å². The minimum Gasteiger partial charge on any atom is -0.297 e. The van der Waals surface area contributed by atoms with E-state index in [-0.39, 0.29) is 0 Å². The van der Waals surface area contributed by atoms with E-state index in [0.29, 0.717) is 12.0 Å². The summed E-state index contributed by atoms with van der Waals surface area (Å²) in [4.78, 5) is 7.05. The Bertz CT molecular complexity index is 315. The molecule has 1 fully saturated rings. The van der Waals surface area contributed by atoms with Gasteiger partial charge in [0.25, 0.3) is 0 Å². The van der Waals surface area contributed by atoms with Crippen LogP contribution in [0.4, 0.5) is 0 Å². The van der Waals surface area contributed by atoms with Crippen molar-refractivity contribution >= 4 is 6.21 Å². The number of aliphatic imine (C=N–C) groups is 1. The van der Waals surface area contributed by atoms with E-state index in [2.05, 4.69) is 50.2 Å². The molecule has 0 aromatic carbocycles. The Morgan fingerprint density at radius 1 is 1.44 bits per heavy atom. The van der Waals surface area contributed by atoms with Gasteiger partial charge in [0.05, 0.1) is 0 Å². The SMILES string of the molecule is C=CC=N/C(=C\C(C)N1CCC(CC)C1)C(C)C. The predicted molar refractivity (Wildman–Crippen MR) is 81.0 cm³/mol. The van der Waals surface area contributed by atoms with Gasteiger partial charge in [0.15, 0.2) is 0 Å². The number of allylic oxidation sites excluding steroid dienone is 2. The van der Waals surface area contributed by atoms with Crippen LogP contribution in [-0.4, -0.2) is 30.2 Å². The summed E-state index contributed by atoms with van der Waals surface area (Å²) in [6.07, 6.45) is 8.49. The number of hydrogen-bond acceptors (Lipinski definition) is 2. The lowest BCUT2D eigenvalue weighted by atomic mass is 10.1. The van der Waals surface area contributed by atoms with Crippen molar-refractivity contribution < 1.29 is 0 Å². The average molecular weight is 248 g/mol. The van der Waals surface area contributed by atoms with E-state index in [9.17, 15) is 0 Å². The van der Waals surface area contributed by atoms with Gasteiger partial charge in [-0.3, -0.25) is 9.89 Å². The Morgan fingerprint density at radius 2 is 2.17 bits per heavy atom. The zero-order valence-corrected chi connectivity index (χ0v) is 12.4. The van der Waals surface area contributed by atoms with Crippen LogP contribution < -0.4 is 0 Å². The number of likely N-dealkylation sites (tertiary alicyclic amines) is 1. The minimum atomic E-state index is 0.466. The van der Waals surface area contributed by atoms with Crippen molar-refractivity contribution in [1.29, 1.82) is 0 Å². The standard InChI is InChI=1S/C16H28N2/c1-6-9-17-16(13(3)4)11-14(5)18-10-8-15(7-2)12-18/h6,9,11,13-15H,1,7-8,10,12H2,2-5H3/b16-11-,17-9?. The van der Waals surface area contributed by atoms with Gasteiger partial charge in [-0.1, -0.05) is 39.8 Å². The van der Waals surface area contributed by atoms with Crippen LogP contribution in [0, 0.1) is 11.8 Å². The molecule has 0 aliphatic carbocycles. The molecule has 1 heterocycles. The van der Waals surface area contributed by atoms with Gasteiger partial charge in [-0.05, 0) is 37.8 Å². The summed E-state index contributed by atoms with van der Waals surface area (Å²) in [5, 5.41) is 0. The highest BCUT2D eigenvalue weighted by Gasteiger charge is 2.24. The van der Waals surface area contributed by atoms with E-state index in [4.69, 9.17) is 0 Å². The van der Waals surface area contributed by atoms with Crippen LogP contribution in [0.2, 0.25) is 0 Å². The molecule has 0 aromatic heterocycles. The first kappa shape index (κ1) is 15.2. The lowest BCUT2D eigenvalue weighted by Crippen LogP contribution is -2.29. The van der Waals surface area contributed by atoms with Crippen molar-refractivity contribution in [2.45, 2.75) is 46.6 Å². The first-order valence-electron chi connectivity index (χ1n) is 7.19. The molecule has 0 bridgehead atoms. The minimum absolute atomic E-state index is 0.466. The predicted octanol–water partition coefficient (Wildman–Crippen LogP) is 3.90. The van der Waals surface area contributed by atoms with Gasteiger partial charge in [0.2, 0.25) is 0 Å². The Labute approximate surface area is 112 Å². The molecule has 0 saturated carbocycles. The fourth-order valence-corrected chi connectivity index (χ4v) is 2.44. The molecule has 0 amide bonds. The van der Waals surface area contributed by atoms with Crippen molar-refractivity contribution in [3.63, 3.8) is 0 Å². The van der Waals surface area contributed by atoms with Crippen LogP contribution in [0.3, 0.4) is 0 Å². The van der Waals surface area contributed by atoms with E-state index in [1.54, 1.807) is 12.3 Å². The molecule has 1 saturated heterocycles. The highest BCUT2D eigenvalue weighted by molar-refractivity contribution is 5.71. The molecule has 2 atom stereocenters. The number of hydrogen-bond donors (Lipinski definition) is 0. The van der Waals surface area contributed by atoms with Crippen LogP contribution in [-0.2, 0) is 0 Å². The van der Waals surface area contributed by atoms with E-state index >= 15 is 0 Å². The summed E-state index contributed by atoms with van der Waals surface area (Å²) in [5.74, 6) is 1.35. The van der Waals surface area contributed by atoms with Gasteiger partial charge in [-0.25, -0.2) is 0 Å². The fraction of sp³-hybridized carbons (Fsp3) is 0.688. The molecule has 2 heteroatoms. The second kappa shape index (κ2) is 7.52. The first-order chi connectivity index (χ1) is 8.58. The summed E-state index contributed by atoms with van der Waals surface area (Å²) in [7, 11) is 0. The number of rotatable bonds is 6. The lowest BCUT2D eigenvalue weighted by Gasteiger charge is -2.22. The molecule has 1 rings (SSSR count). The molecular weight excluding hydrogens is 220 g/mol. The molecular formula is C16H28N2. The Kier molecular flexibility index (Phi) is 6.34. The second-order valence-electron chi connectivity index (χ2n) is 5.56. The Hall–Kier alpha value is -0.890. The molecule has 0 aromatic rings. The first-order valence-corrected chi connectivity index (χ1v) is 7.19. The van der Waals surface area contributed by atoms with Crippen LogP contribution in [0.15, 0.2) is 29.4 Å². The summed E-state index contributed by atoms with van der Waals surface area (Å²) in [6, 6.07) is 0.487. The lowest BCUT2D eigenvalue weighted by molar-refractivity contribution is 0.285. The van der Waals surface area contributed by atoms with Crippen molar-refractivity contribution in [3.8, 4) is 0 Å². The topological polar surface area (TPSA) is 15.6 Å². The van der Waals surface area contributed by atoms with Gasteiger partial charge in [0, 0.05) is 24.5 Å². The van der Waals surface area contributed by atoms with E-state index in [1.807, 2.05) is 0 Å². The highest BCUT2D eigenvalue weighted by Crippen LogP contribution is 2.23. The summed E-state index contributed by atoms with van der Waals surface area (Å²) >= 11 is 0. The summed E-state index contributed by atoms with van der Waals surface area (Å²) in [5.41, 5.74) is 1.17. The van der Waals surface area contributed by atoms with Gasteiger partial charge < -0.3 is 0 Å². The normalized spacial score (nSPS) is 24.1. The molecule has 18 heavy (non-hydrogen) atoms. The fourth-order valence-electron chi connectivity index (χ4n) is 2.44. The molecule has 2 nitrogen and oxygen atoms in total. The van der Waals surface area contributed by atoms with Crippen molar-refractivity contribution in [3.05, 3.63) is 24.4 Å². The van der Waals surface area contributed by atoms with Crippen LogP contribution in [0.5, 0.6) is 0 Å². The maximum atomic E-state index is 4.48. The number of nitrogens with zero attached hydrogens (tertiary/aromatic N) is 2. The maximum Gasteiger partial charge on any atom is 0.0404 e. The monoisotopic (exact) mass is 248 g/mol. The second-order valence-corrected chi connectivity index (χ2v) is 5.56. The molecule has 0 radical (unpaired) electrons. The smallest absolute Gasteiger partial charge is 0.0404 e. The summed E-state index contributed by atoms with van der Waals surface area (Å²) in [6.45, 7) is 15.1. The van der Waals surface area contributed by atoms with E-state index in [1.165, 1.54) is 31.6 Å². The van der Waals surface area contributed by atoms with Gasteiger partial charge in [-0.2, -0.15) is 0 Å². The maximum absolute atomic E-state index is 4.48. The third-order valence-electron chi connectivity index (χ3n) is 3.80. The van der Waals surface area contributed by atoms with Crippen LogP contribution >= 0.6 is 0 Å². The van der Waals surface area contributed by atoms with Crippen LogP contribution in [0.25, 0.3) is 0 Å². The van der Waals surface area contributed by atoms with Crippen molar-refractivity contribution in [2.75, 3.05) is 13.1 Å². The van der Waals surface area contributed by atoms with Crippen molar-refractivity contribution in [1.82, 2.24) is 4.90 Å². The quantitative estimate of drug-likeness (QED) is 0.651. The summed E-state index contributed by atoms with van der Waals surface area (Å²) < 4.78 is 0. The third kappa shape index (κ3) is 4.41. The molecule has 2 unspecified atom stereocenters. The molecule has 1 aliphatic rings. The van der Waals surface area contributed by atoms with Gasteiger partial charge >= 0.3 is 0 Å². The molecule has 102 valence electrons. The van der Waals surface area contributed by atoms with Gasteiger partial charge in [-0.15, -0.1) is 0 Å². The van der Waals surface area contributed by atoms with E-state index in [0.717, 1.165) is 5.92 Å². The largest absolute Gasteiger partial charge is 0.297 e. The zero-order chi connectivity index (χ0) is 13.5. The Morgan fingerprint density at radius 3 is 2.67 bits per heavy atom. The Balaban J connectivity index is 2.67. The molecule has 0 spiro atoms. The highest BCUT2D eigenvalue weighted by atomic mass is 15.2. The molecule has 1 aliphatic heterocycles.